The standard InChI is InChI=1S/C23H22ClN5O6.CH3F/c24-17-3-1-15(2-4-17)11-28-21(26-22(32)29(23(28)33)12-16(13-30)14-31)25-18-5-7-19(8-6-18)35-20-9-10-34-27-20;1-2/h1-10,16,30-31H,11-14H2,(H,25,26,32);1H3. The summed E-state index contributed by atoms with van der Waals surface area (Å²) in [6, 6.07) is 15.2. The third kappa shape index (κ3) is 7.26. The topological polar surface area (TPSA) is 145 Å². The van der Waals surface area contributed by atoms with Crippen LogP contribution in [0.4, 0.5) is 16.0 Å². The average molecular weight is 534 g/mol. The fourth-order valence-electron chi connectivity index (χ4n) is 3.24. The molecule has 0 unspecified atom stereocenters. The van der Waals surface area contributed by atoms with Crippen molar-refractivity contribution in [3.63, 3.8) is 0 Å². The number of aromatic nitrogens is 4. The van der Waals surface area contributed by atoms with E-state index in [9.17, 15) is 24.2 Å². The number of benzene rings is 2. The number of rotatable bonds is 10. The van der Waals surface area contributed by atoms with Gasteiger partial charge >= 0.3 is 11.4 Å². The van der Waals surface area contributed by atoms with Gasteiger partial charge in [0.2, 0.25) is 5.95 Å². The summed E-state index contributed by atoms with van der Waals surface area (Å²) in [5.74, 6) is 0.158. The number of aliphatic hydroxyl groups is 2. The highest BCUT2D eigenvalue weighted by atomic mass is 35.5. The number of aliphatic hydroxyl groups excluding tert-OH is 2. The number of alkyl halides is 1. The van der Waals surface area contributed by atoms with Crippen LogP contribution in [-0.2, 0) is 13.1 Å². The number of ether oxygens (including phenoxy) is 1. The summed E-state index contributed by atoms with van der Waals surface area (Å²) in [7, 11) is 0.500. The number of nitrogens with zero attached hydrogens (tertiary/aromatic N) is 4. The third-order valence-electron chi connectivity index (χ3n) is 5.11. The Kier molecular flexibility index (Phi) is 9.95. The predicted molar refractivity (Wildman–Crippen MR) is 134 cm³/mol. The van der Waals surface area contributed by atoms with Gasteiger partial charge in [0.05, 0.1) is 13.7 Å². The molecule has 2 heterocycles. The van der Waals surface area contributed by atoms with Crippen molar-refractivity contribution in [2.24, 2.45) is 5.92 Å². The zero-order valence-electron chi connectivity index (χ0n) is 19.8. The van der Waals surface area contributed by atoms with Crippen LogP contribution in [0.5, 0.6) is 11.6 Å². The summed E-state index contributed by atoms with van der Waals surface area (Å²) >= 11 is 5.97. The molecule has 0 amide bonds. The Morgan fingerprint density at radius 1 is 1.03 bits per heavy atom. The number of anilines is 2. The highest BCUT2D eigenvalue weighted by molar-refractivity contribution is 6.30. The monoisotopic (exact) mass is 533 g/mol. The maximum absolute atomic E-state index is 13.3. The summed E-state index contributed by atoms with van der Waals surface area (Å²) in [6.07, 6.45) is 1.39. The minimum atomic E-state index is -0.803. The Bertz CT molecular complexity index is 1370. The first-order valence-corrected chi connectivity index (χ1v) is 11.4. The van der Waals surface area contributed by atoms with E-state index in [0.717, 1.165) is 10.1 Å². The molecule has 2 aromatic heterocycles. The molecule has 0 saturated heterocycles. The maximum Gasteiger partial charge on any atom is 0.354 e. The molecule has 3 N–H and O–H groups in total. The molecule has 4 rings (SSSR count). The van der Waals surface area contributed by atoms with E-state index >= 15 is 0 Å². The van der Waals surface area contributed by atoms with Gasteiger partial charge < -0.3 is 24.8 Å². The van der Waals surface area contributed by atoms with Gasteiger partial charge in [-0.1, -0.05) is 23.7 Å². The molecule has 0 bridgehead atoms. The first kappa shape index (κ1) is 27.6. The van der Waals surface area contributed by atoms with Crippen LogP contribution in [0.3, 0.4) is 0 Å². The zero-order valence-corrected chi connectivity index (χ0v) is 20.5. The molecule has 0 atom stereocenters. The highest BCUT2D eigenvalue weighted by Gasteiger charge is 2.17. The molecular formula is C24H25ClFN5O6. The molecule has 0 radical (unpaired) electrons. The van der Waals surface area contributed by atoms with Crippen molar-refractivity contribution in [3.8, 4) is 11.6 Å². The van der Waals surface area contributed by atoms with Crippen LogP contribution in [0.1, 0.15) is 5.56 Å². The lowest BCUT2D eigenvalue weighted by Crippen LogP contribution is -2.44. The van der Waals surface area contributed by atoms with E-state index in [4.69, 9.17) is 20.9 Å². The van der Waals surface area contributed by atoms with Gasteiger partial charge in [-0.25, -0.2) is 14.2 Å². The summed E-state index contributed by atoms with van der Waals surface area (Å²) in [5, 5.41) is 26.0. The van der Waals surface area contributed by atoms with Gasteiger partial charge in [0.15, 0.2) is 0 Å². The Balaban J connectivity index is 0.00000186. The molecule has 37 heavy (non-hydrogen) atoms. The lowest BCUT2D eigenvalue weighted by Gasteiger charge is -2.17. The SMILES string of the molecule is CF.O=c1nc(Nc2ccc(Oc3ccon3)cc2)n(Cc2ccc(Cl)cc2)c(=O)n1CC(CO)CO. The summed E-state index contributed by atoms with van der Waals surface area (Å²) < 4.78 is 22.0. The van der Waals surface area contributed by atoms with Gasteiger partial charge in [0.25, 0.3) is 5.88 Å². The second-order valence-electron chi connectivity index (χ2n) is 7.64. The van der Waals surface area contributed by atoms with Crippen LogP contribution in [0, 0.1) is 5.92 Å². The van der Waals surface area contributed by atoms with E-state index in [1.54, 1.807) is 54.6 Å². The minimum absolute atomic E-state index is 0.0286. The van der Waals surface area contributed by atoms with E-state index in [2.05, 4.69) is 15.5 Å². The number of halogens is 2. The molecule has 0 aliphatic carbocycles. The quantitative estimate of drug-likeness (QED) is 0.280. The van der Waals surface area contributed by atoms with Crippen LogP contribution in [0.15, 0.2) is 75.0 Å². The molecule has 196 valence electrons. The van der Waals surface area contributed by atoms with Crippen molar-refractivity contribution in [1.82, 2.24) is 19.3 Å². The third-order valence-corrected chi connectivity index (χ3v) is 5.36. The van der Waals surface area contributed by atoms with Gasteiger partial charge in [-0.05, 0) is 47.1 Å². The van der Waals surface area contributed by atoms with Crippen LogP contribution >= 0.6 is 11.6 Å². The fraction of sp³-hybridized carbons (Fsp3) is 0.250. The average Bonchev–Trinajstić information content (AvgIpc) is 3.43. The lowest BCUT2D eigenvalue weighted by molar-refractivity contribution is 0.134. The summed E-state index contributed by atoms with van der Waals surface area (Å²) in [6.45, 7) is -0.848. The maximum atomic E-state index is 13.3. The number of nitrogens with one attached hydrogen (secondary N) is 1. The Morgan fingerprint density at radius 2 is 1.70 bits per heavy atom. The second kappa shape index (κ2) is 13.3. The van der Waals surface area contributed by atoms with Crippen molar-refractivity contribution < 1.29 is 23.9 Å². The predicted octanol–water partition coefficient (Wildman–Crippen LogP) is 2.82. The molecule has 0 fully saturated rings. The molecule has 13 heteroatoms. The van der Waals surface area contributed by atoms with E-state index in [-0.39, 0.29) is 32.3 Å². The lowest BCUT2D eigenvalue weighted by atomic mass is 10.2. The van der Waals surface area contributed by atoms with E-state index in [1.807, 2.05) is 0 Å². The van der Waals surface area contributed by atoms with Crippen molar-refractivity contribution in [2.45, 2.75) is 13.1 Å². The smallest absolute Gasteiger partial charge is 0.354 e. The minimum Gasteiger partial charge on any atom is -0.436 e. The number of hydrogen-bond donors (Lipinski definition) is 3. The second-order valence-corrected chi connectivity index (χ2v) is 8.08. The molecular weight excluding hydrogens is 509 g/mol. The fourth-order valence-corrected chi connectivity index (χ4v) is 3.36. The van der Waals surface area contributed by atoms with Gasteiger partial charge in [-0.2, -0.15) is 4.98 Å². The highest BCUT2D eigenvalue weighted by Crippen LogP contribution is 2.23. The van der Waals surface area contributed by atoms with Gasteiger partial charge in [-0.3, -0.25) is 8.96 Å². The Hall–Kier alpha value is -4.00. The van der Waals surface area contributed by atoms with Gasteiger partial charge in [0.1, 0.15) is 12.0 Å². The van der Waals surface area contributed by atoms with Crippen LogP contribution in [0.2, 0.25) is 5.02 Å². The zero-order chi connectivity index (χ0) is 26.8. The van der Waals surface area contributed by atoms with Crippen LogP contribution < -0.4 is 21.4 Å². The molecule has 0 saturated carbocycles. The van der Waals surface area contributed by atoms with Gasteiger partial charge in [0, 0.05) is 42.5 Å². The first-order chi connectivity index (χ1) is 18.0. The Labute approximate surface area is 215 Å². The summed E-state index contributed by atoms with van der Waals surface area (Å²) in [5.41, 5.74) is -0.137. The molecule has 2 aromatic carbocycles. The van der Waals surface area contributed by atoms with E-state index in [1.165, 1.54) is 10.8 Å². The first-order valence-electron chi connectivity index (χ1n) is 11.0. The largest absolute Gasteiger partial charge is 0.436 e. The Morgan fingerprint density at radius 3 is 2.30 bits per heavy atom. The van der Waals surface area contributed by atoms with Crippen molar-refractivity contribution in [3.05, 3.63) is 92.4 Å². The normalized spacial score (nSPS) is 10.6. The van der Waals surface area contributed by atoms with Crippen molar-refractivity contribution in [1.29, 1.82) is 0 Å². The van der Waals surface area contributed by atoms with E-state index < -0.39 is 17.3 Å². The summed E-state index contributed by atoms with van der Waals surface area (Å²) in [4.78, 5) is 30.0. The molecule has 11 nitrogen and oxygen atoms in total. The van der Waals surface area contributed by atoms with Crippen LogP contribution in [0.25, 0.3) is 0 Å². The molecule has 4 aromatic rings. The van der Waals surface area contributed by atoms with Crippen molar-refractivity contribution >= 4 is 23.2 Å². The molecule has 0 aliphatic rings. The molecule has 0 spiro atoms. The molecule has 0 aliphatic heterocycles. The van der Waals surface area contributed by atoms with E-state index in [0.29, 0.717) is 29.5 Å². The van der Waals surface area contributed by atoms with Crippen molar-refractivity contribution in [2.75, 3.05) is 25.7 Å². The van der Waals surface area contributed by atoms with Crippen LogP contribution in [-0.4, -0.2) is 49.9 Å². The number of hydrogen-bond acceptors (Lipinski definition) is 9. The van der Waals surface area contributed by atoms with Gasteiger partial charge in [-0.15, -0.1) is 0 Å².